The molecule has 1 aromatic carbocycles. The van der Waals surface area contributed by atoms with Crippen molar-refractivity contribution >= 4 is 16.7 Å². The van der Waals surface area contributed by atoms with Crippen LogP contribution >= 0.6 is 0 Å². The van der Waals surface area contributed by atoms with Crippen molar-refractivity contribution < 1.29 is 4.79 Å². The number of amides is 1. The molecule has 0 aliphatic carbocycles. The van der Waals surface area contributed by atoms with E-state index in [4.69, 9.17) is 0 Å². The fourth-order valence-electron chi connectivity index (χ4n) is 2.45. The Morgan fingerprint density at radius 1 is 1.29 bits per heavy atom. The molecule has 5 heteroatoms. The fourth-order valence-corrected chi connectivity index (χ4v) is 2.45. The molecular weight excluding hydrogens is 266 g/mol. The van der Waals surface area contributed by atoms with Crippen LogP contribution in [0.1, 0.15) is 16.9 Å². The summed E-state index contributed by atoms with van der Waals surface area (Å²) in [5.74, 6) is -0.253. The number of carbonyl (C=O) groups is 1. The van der Waals surface area contributed by atoms with Gasteiger partial charge in [-0.15, -0.1) is 0 Å². The average Bonchev–Trinajstić information content (AvgIpc) is 2.53. The third kappa shape index (κ3) is 3.03. The van der Waals surface area contributed by atoms with Crippen LogP contribution < -0.4 is 16.2 Å². The lowest BCUT2D eigenvalue weighted by Gasteiger charge is -2.14. The first-order chi connectivity index (χ1) is 10.2. The van der Waals surface area contributed by atoms with Gasteiger partial charge < -0.3 is 15.6 Å². The van der Waals surface area contributed by atoms with E-state index >= 15 is 0 Å². The second kappa shape index (κ2) is 5.93. The predicted molar refractivity (Wildman–Crippen MR) is 82.5 cm³/mol. The quantitative estimate of drug-likeness (QED) is 0.740. The van der Waals surface area contributed by atoms with Crippen molar-refractivity contribution in [2.45, 2.75) is 6.42 Å². The van der Waals surface area contributed by atoms with Gasteiger partial charge in [0.05, 0.1) is 0 Å². The Bertz CT molecular complexity index is 761. The molecule has 1 aromatic heterocycles. The van der Waals surface area contributed by atoms with Crippen LogP contribution in [0.3, 0.4) is 0 Å². The number of hydrogen-bond acceptors (Lipinski definition) is 3. The summed E-state index contributed by atoms with van der Waals surface area (Å²) in [7, 11) is 0. The topological polar surface area (TPSA) is 74.0 Å². The minimum absolute atomic E-state index is 0.237. The van der Waals surface area contributed by atoms with Crippen LogP contribution in [0.2, 0.25) is 0 Å². The van der Waals surface area contributed by atoms with Crippen molar-refractivity contribution in [3.8, 4) is 0 Å². The maximum atomic E-state index is 12.2. The van der Waals surface area contributed by atoms with Crippen molar-refractivity contribution in [3.63, 3.8) is 0 Å². The monoisotopic (exact) mass is 283 g/mol. The number of fused-ring (bicyclic) bond motifs is 1. The number of aromatic nitrogens is 1. The maximum Gasteiger partial charge on any atom is 0.268 e. The molecule has 108 valence electrons. The van der Waals surface area contributed by atoms with E-state index < -0.39 is 0 Å². The van der Waals surface area contributed by atoms with Crippen LogP contribution in [0.5, 0.6) is 0 Å². The van der Waals surface area contributed by atoms with Gasteiger partial charge >= 0.3 is 0 Å². The van der Waals surface area contributed by atoms with Crippen LogP contribution in [-0.4, -0.2) is 30.5 Å². The van der Waals surface area contributed by atoms with Gasteiger partial charge in [0.25, 0.3) is 11.5 Å². The lowest BCUT2D eigenvalue weighted by Crippen LogP contribution is -2.31. The summed E-state index contributed by atoms with van der Waals surface area (Å²) in [4.78, 5) is 26.8. The van der Waals surface area contributed by atoms with E-state index in [-0.39, 0.29) is 11.5 Å². The molecule has 1 amide bonds. The van der Waals surface area contributed by atoms with Crippen LogP contribution in [0.4, 0.5) is 0 Å². The van der Waals surface area contributed by atoms with Gasteiger partial charge in [0.1, 0.15) is 5.69 Å². The third-order valence-electron chi connectivity index (χ3n) is 3.63. The summed E-state index contributed by atoms with van der Waals surface area (Å²) in [5, 5.41) is 7.44. The average molecular weight is 283 g/mol. The summed E-state index contributed by atoms with van der Waals surface area (Å²) in [6.07, 6.45) is 3.03. The molecule has 3 N–H and O–H groups in total. The molecule has 0 unspecified atom stereocenters. The fraction of sp³-hybridized carbons (Fsp3) is 0.250. The first-order valence-electron chi connectivity index (χ1n) is 7.03. The number of aromatic amines is 1. The number of H-pyrrole nitrogens is 1. The van der Waals surface area contributed by atoms with Gasteiger partial charge in [-0.1, -0.05) is 29.8 Å². The summed E-state index contributed by atoms with van der Waals surface area (Å²) >= 11 is 0. The lowest BCUT2D eigenvalue weighted by atomic mass is 10.1. The van der Waals surface area contributed by atoms with Gasteiger partial charge in [-0.25, -0.2) is 0 Å². The molecule has 0 bridgehead atoms. The number of pyridine rings is 1. The minimum Gasteiger partial charge on any atom is -0.347 e. The Balaban J connectivity index is 1.78. The van der Waals surface area contributed by atoms with E-state index in [0.29, 0.717) is 17.6 Å². The highest BCUT2D eigenvalue weighted by Gasteiger charge is 2.10. The second-order valence-corrected chi connectivity index (χ2v) is 5.10. The van der Waals surface area contributed by atoms with Crippen LogP contribution in [0.15, 0.2) is 46.8 Å². The summed E-state index contributed by atoms with van der Waals surface area (Å²) in [6.45, 7) is 2.31. The van der Waals surface area contributed by atoms with Gasteiger partial charge in [0, 0.05) is 18.5 Å². The number of carbonyl (C=O) groups excluding carboxylic acids is 1. The van der Waals surface area contributed by atoms with Crippen molar-refractivity contribution in [3.05, 3.63) is 58.0 Å². The summed E-state index contributed by atoms with van der Waals surface area (Å²) in [6, 6.07) is 8.94. The van der Waals surface area contributed by atoms with Gasteiger partial charge in [-0.3, -0.25) is 9.59 Å². The Morgan fingerprint density at radius 2 is 2.14 bits per heavy atom. The van der Waals surface area contributed by atoms with Crippen molar-refractivity contribution in [2.24, 2.45) is 0 Å². The highest BCUT2D eigenvalue weighted by atomic mass is 16.2. The van der Waals surface area contributed by atoms with E-state index in [9.17, 15) is 9.59 Å². The molecule has 0 spiro atoms. The standard InChI is InChI=1S/C16H17N3O2/c20-15-13-4-2-1-3-12(13)9-14(19-15)16(21)18-10-11-5-7-17-8-6-11/h1-5,9,17H,6-8,10H2,(H,18,21)(H,19,20). The molecule has 3 rings (SSSR count). The van der Waals surface area contributed by atoms with Crippen LogP contribution in [0.25, 0.3) is 10.8 Å². The molecule has 5 nitrogen and oxygen atoms in total. The minimum atomic E-state index is -0.253. The predicted octanol–water partition coefficient (Wildman–Crippen LogP) is 1.18. The molecule has 21 heavy (non-hydrogen) atoms. The van der Waals surface area contributed by atoms with Crippen LogP contribution in [-0.2, 0) is 0 Å². The maximum absolute atomic E-state index is 12.2. The zero-order chi connectivity index (χ0) is 14.7. The summed E-state index contributed by atoms with van der Waals surface area (Å²) in [5.41, 5.74) is 1.28. The summed E-state index contributed by atoms with van der Waals surface area (Å²) < 4.78 is 0. The molecule has 1 aliphatic heterocycles. The highest BCUT2D eigenvalue weighted by molar-refractivity contribution is 5.96. The van der Waals surface area contributed by atoms with Crippen molar-refractivity contribution in [1.82, 2.24) is 15.6 Å². The molecule has 0 saturated heterocycles. The first kappa shape index (κ1) is 13.6. The Morgan fingerprint density at radius 3 is 2.95 bits per heavy atom. The molecule has 0 radical (unpaired) electrons. The highest BCUT2D eigenvalue weighted by Crippen LogP contribution is 2.10. The number of rotatable bonds is 3. The van der Waals surface area contributed by atoms with E-state index in [1.165, 1.54) is 5.57 Å². The first-order valence-corrected chi connectivity index (χ1v) is 7.03. The third-order valence-corrected chi connectivity index (χ3v) is 3.63. The Hall–Kier alpha value is -2.40. The molecule has 0 saturated carbocycles. The smallest absolute Gasteiger partial charge is 0.268 e. The van der Waals surface area contributed by atoms with E-state index in [0.717, 1.165) is 24.9 Å². The van der Waals surface area contributed by atoms with Gasteiger partial charge in [-0.05, 0) is 30.5 Å². The van der Waals surface area contributed by atoms with E-state index in [1.54, 1.807) is 18.2 Å². The zero-order valence-electron chi connectivity index (χ0n) is 11.6. The molecule has 0 atom stereocenters. The Labute approximate surface area is 122 Å². The van der Waals surface area contributed by atoms with Gasteiger partial charge in [0.2, 0.25) is 0 Å². The number of hydrogen-bond donors (Lipinski definition) is 3. The van der Waals surface area contributed by atoms with Crippen LogP contribution in [0, 0.1) is 0 Å². The zero-order valence-corrected chi connectivity index (χ0v) is 11.6. The number of benzene rings is 1. The second-order valence-electron chi connectivity index (χ2n) is 5.10. The number of nitrogens with one attached hydrogen (secondary N) is 3. The molecule has 0 fully saturated rings. The van der Waals surface area contributed by atoms with E-state index in [2.05, 4.69) is 21.7 Å². The lowest BCUT2D eigenvalue weighted by molar-refractivity contribution is 0.0951. The Kier molecular flexibility index (Phi) is 3.83. The largest absolute Gasteiger partial charge is 0.347 e. The normalized spacial score (nSPS) is 14.8. The molecule has 2 aromatic rings. The van der Waals surface area contributed by atoms with Gasteiger partial charge in [0.15, 0.2) is 0 Å². The van der Waals surface area contributed by atoms with Crippen molar-refractivity contribution in [2.75, 3.05) is 19.6 Å². The molecule has 1 aliphatic rings. The SMILES string of the molecule is O=C(NCC1=CCNCC1)c1cc2ccccc2c(=O)[nH]1. The molecular formula is C16H17N3O2. The van der Waals surface area contributed by atoms with Crippen molar-refractivity contribution in [1.29, 1.82) is 0 Å². The van der Waals surface area contributed by atoms with E-state index in [1.807, 2.05) is 12.1 Å². The van der Waals surface area contributed by atoms with Gasteiger partial charge in [-0.2, -0.15) is 0 Å². The molecule has 2 heterocycles.